The summed E-state index contributed by atoms with van der Waals surface area (Å²) in [5.41, 5.74) is 0.777. The lowest BCUT2D eigenvalue weighted by molar-refractivity contribution is -0.113. The van der Waals surface area contributed by atoms with Crippen molar-refractivity contribution in [1.82, 2.24) is 0 Å². The maximum absolute atomic E-state index is 10.6. The standard InChI is InChI=1S/C9H14O2/c1-9(2,7-10)8-4-3-5-11-6-8/h6-7H,3-5H2,1-2H3. The van der Waals surface area contributed by atoms with E-state index in [1.165, 1.54) is 0 Å². The van der Waals surface area contributed by atoms with Crippen LogP contribution in [0.5, 0.6) is 0 Å². The Labute approximate surface area is 67.2 Å². The Balaban J connectivity index is 2.71. The molecule has 0 radical (unpaired) electrons. The van der Waals surface area contributed by atoms with Gasteiger partial charge >= 0.3 is 0 Å². The summed E-state index contributed by atoms with van der Waals surface area (Å²) in [5, 5.41) is 0. The second kappa shape index (κ2) is 3.07. The Morgan fingerprint density at radius 2 is 2.36 bits per heavy atom. The zero-order valence-electron chi connectivity index (χ0n) is 7.09. The summed E-state index contributed by atoms with van der Waals surface area (Å²) in [4.78, 5) is 10.6. The highest BCUT2D eigenvalue weighted by Gasteiger charge is 2.23. The largest absolute Gasteiger partial charge is 0.501 e. The summed E-state index contributed by atoms with van der Waals surface area (Å²) in [7, 11) is 0. The highest BCUT2D eigenvalue weighted by Crippen LogP contribution is 2.29. The average Bonchev–Trinajstić information content (AvgIpc) is 2.06. The van der Waals surface area contributed by atoms with Gasteiger partial charge in [-0.25, -0.2) is 0 Å². The third kappa shape index (κ3) is 1.82. The monoisotopic (exact) mass is 154 g/mol. The molecule has 1 aliphatic rings. The Bertz CT molecular complexity index is 180. The molecule has 0 saturated carbocycles. The average molecular weight is 154 g/mol. The first kappa shape index (κ1) is 8.31. The lowest BCUT2D eigenvalue weighted by atomic mass is 9.83. The number of hydrogen-bond acceptors (Lipinski definition) is 2. The summed E-state index contributed by atoms with van der Waals surface area (Å²) in [5.74, 6) is 0. The van der Waals surface area contributed by atoms with Crippen molar-refractivity contribution in [2.45, 2.75) is 26.7 Å². The maximum Gasteiger partial charge on any atom is 0.129 e. The molecule has 0 unspecified atom stereocenters. The van der Waals surface area contributed by atoms with E-state index in [0.717, 1.165) is 31.3 Å². The molecule has 1 aliphatic heterocycles. The first-order valence-electron chi connectivity index (χ1n) is 3.94. The molecule has 0 amide bonds. The van der Waals surface area contributed by atoms with Gasteiger partial charge in [0.15, 0.2) is 0 Å². The molecule has 1 rings (SSSR count). The van der Waals surface area contributed by atoms with E-state index in [9.17, 15) is 4.79 Å². The van der Waals surface area contributed by atoms with E-state index >= 15 is 0 Å². The van der Waals surface area contributed by atoms with Gasteiger partial charge in [-0.05, 0) is 32.3 Å². The van der Waals surface area contributed by atoms with Crippen molar-refractivity contribution in [3.05, 3.63) is 11.8 Å². The maximum atomic E-state index is 10.6. The lowest BCUT2D eigenvalue weighted by Gasteiger charge is -2.24. The number of carbonyl (C=O) groups excluding carboxylic acids is 1. The third-order valence-corrected chi connectivity index (χ3v) is 2.06. The third-order valence-electron chi connectivity index (χ3n) is 2.06. The Kier molecular flexibility index (Phi) is 2.32. The molecule has 0 atom stereocenters. The quantitative estimate of drug-likeness (QED) is 0.568. The van der Waals surface area contributed by atoms with Gasteiger partial charge in [-0.15, -0.1) is 0 Å². The van der Waals surface area contributed by atoms with Gasteiger partial charge in [-0.3, -0.25) is 0 Å². The van der Waals surface area contributed by atoms with Crippen molar-refractivity contribution in [2.24, 2.45) is 5.41 Å². The normalized spacial score (nSPS) is 18.5. The van der Waals surface area contributed by atoms with E-state index in [1.54, 1.807) is 6.26 Å². The van der Waals surface area contributed by atoms with Crippen LogP contribution in [0, 0.1) is 5.41 Å². The van der Waals surface area contributed by atoms with Crippen LogP contribution in [0.4, 0.5) is 0 Å². The van der Waals surface area contributed by atoms with Crippen LogP contribution in [-0.4, -0.2) is 12.9 Å². The lowest BCUT2D eigenvalue weighted by Crippen LogP contribution is -2.19. The van der Waals surface area contributed by atoms with Crippen molar-refractivity contribution in [3.63, 3.8) is 0 Å². The number of carbonyl (C=O) groups is 1. The predicted octanol–water partition coefficient (Wildman–Crippen LogP) is 1.91. The molecule has 0 aromatic rings. The van der Waals surface area contributed by atoms with E-state index in [2.05, 4.69) is 0 Å². The van der Waals surface area contributed by atoms with Gasteiger partial charge in [0, 0.05) is 5.41 Å². The van der Waals surface area contributed by atoms with E-state index in [-0.39, 0.29) is 5.41 Å². The molecule has 1 heterocycles. The van der Waals surface area contributed by atoms with Crippen molar-refractivity contribution >= 4 is 6.29 Å². The molecular weight excluding hydrogens is 140 g/mol. The molecule has 62 valence electrons. The highest BCUT2D eigenvalue weighted by atomic mass is 16.5. The summed E-state index contributed by atoms with van der Waals surface area (Å²) >= 11 is 0. The fourth-order valence-electron chi connectivity index (χ4n) is 1.11. The zero-order valence-corrected chi connectivity index (χ0v) is 7.09. The van der Waals surface area contributed by atoms with E-state index in [0.29, 0.717) is 0 Å². The molecule has 0 aromatic heterocycles. The second-order valence-electron chi connectivity index (χ2n) is 3.46. The fraction of sp³-hybridized carbons (Fsp3) is 0.667. The van der Waals surface area contributed by atoms with Gasteiger partial charge in [-0.1, -0.05) is 0 Å². The van der Waals surface area contributed by atoms with Gasteiger partial charge in [-0.2, -0.15) is 0 Å². The highest BCUT2D eigenvalue weighted by molar-refractivity contribution is 5.63. The molecule has 0 bridgehead atoms. The van der Waals surface area contributed by atoms with E-state index in [1.807, 2.05) is 13.8 Å². The molecule has 11 heavy (non-hydrogen) atoms. The van der Waals surface area contributed by atoms with E-state index < -0.39 is 0 Å². The second-order valence-corrected chi connectivity index (χ2v) is 3.46. The van der Waals surface area contributed by atoms with Crippen molar-refractivity contribution in [2.75, 3.05) is 6.61 Å². The minimum Gasteiger partial charge on any atom is -0.501 e. The number of ether oxygens (including phenoxy) is 1. The van der Waals surface area contributed by atoms with Crippen molar-refractivity contribution in [3.8, 4) is 0 Å². The number of allylic oxidation sites excluding steroid dienone is 1. The summed E-state index contributed by atoms with van der Waals surface area (Å²) in [6.07, 6.45) is 4.74. The summed E-state index contributed by atoms with van der Waals surface area (Å²) in [6.45, 7) is 4.62. The smallest absolute Gasteiger partial charge is 0.129 e. The molecule has 0 saturated heterocycles. The molecule has 0 spiro atoms. The molecule has 2 nitrogen and oxygen atoms in total. The van der Waals surface area contributed by atoms with Crippen LogP contribution >= 0.6 is 0 Å². The Hall–Kier alpha value is -0.790. The SMILES string of the molecule is CC(C)(C=O)C1=COCCC1. The van der Waals surface area contributed by atoms with Crippen LogP contribution in [0.2, 0.25) is 0 Å². The van der Waals surface area contributed by atoms with Crippen LogP contribution < -0.4 is 0 Å². The zero-order chi connectivity index (χ0) is 8.32. The van der Waals surface area contributed by atoms with Gasteiger partial charge < -0.3 is 9.53 Å². The summed E-state index contributed by atoms with van der Waals surface area (Å²) in [6, 6.07) is 0. The Morgan fingerprint density at radius 3 is 2.82 bits per heavy atom. The van der Waals surface area contributed by atoms with Crippen LogP contribution in [0.3, 0.4) is 0 Å². The van der Waals surface area contributed by atoms with Crippen LogP contribution in [0.1, 0.15) is 26.7 Å². The topological polar surface area (TPSA) is 26.3 Å². The van der Waals surface area contributed by atoms with Gasteiger partial charge in [0.1, 0.15) is 6.29 Å². The van der Waals surface area contributed by atoms with E-state index in [4.69, 9.17) is 4.74 Å². The van der Waals surface area contributed by atoms with Gasteiger partial charge in [0.25, 0.3) is 0 Å². The van der Waals surface area contributed by atoms with Crippen molar-refractivity contribution in [1.29, 1.82) is 0 Å². The number of aldehydes is 1. The molecular formula is C9H14O2. The predicted molar refractivity (Wildman–Crippen MR) is 43.1 cm³/mol. The molecule has 0 N–H and O–H groups in total. The summed E-state index contributed by atoms with van der Waals surface area (Å²) < 4.78 is 5.15. The van der Waals surface area contributed by atoms with Crippen LogP contribution in [-0.2, 0) is 9.53 Å². The number of hydrogen-bond donors (Lipinski definition) is 0. The minimum atomic E-state index is -0.333. The first-order chi connectivity index (χ1) is 5.17. The first-order valence-corrected chi connectivity index (χ1v) is 3.94. The molecule has 0 aliphatic carbocycles. The van der Waals surface area contributed by atoms with Gasteiger partial charge in [0.2, 0.25) is 0 Å². The van der Waals surface area contributed by atoms with Crippen LogP contribution in [0.25, 0.3) is 0 Å². The number of rotatable bonds is 2. The van der Waals surface area contributed by atoms with Gasteiger partial charge in [0.05, 0.1) is 12.9 Å². The van der Waals surface area contributed by atoms with Crippen molar-refractivity contribution < 1.29 is 9.53 Å². The van der Waals surface area contributed by atoms with Crippen LogP contribution in [0.15, 0.2) is 11.8 Å². The Morgan fingerprint density at radius 1 is 1.64 bits per heavy atom. The molecule has 2 heteroatoms. The fourth-order valence-corrected chi connectivity index (χ4v) is 1.11. The molecule has 0 aromatic carbocycles. The molecule has 0 fully saturated rings. The minimum absolute atomic E-state index is 0.333.